The Morgan fingerprint density at radius 1 is 0.794 bits per heavy atom. The molecule has 8 N–H and O–H groups in total. The quantitative estimate of drug-likeness (QED) is 0.0447. The first-order valence-corrected chi connectivity index (χ1v) is 22.5. The molecular weight excluding hydrogens is 916 g/mol. The molecule has 0 aliphatic carbocycles. The van der Waals surface area contributed by atoms with E-state index in [9.17, 15) is 24.3 Å². The number of pyridine rings is 2. The minimum absolute atomic E-state index is 0.103. The highest BCUT2D eigenvalue weighted by Gasteiger charge is 2.28. The fourth-order valence-corrected chi connectivity index (χ4v) is 8.06. The number of halogens is 2. The maximum atomic E-state index is 13.3. The van der Waals surface area contributed by atoms with Crippen LogP contribution in [0.5, 0.6) is 0 Å². The summed E-state index contributed by atoms with van der Waals surface area (Å²) in [7, 11) is 0. The molecule has 0 unspecified atom stereocenters. The molecule has 68 heavy (non-hydrogen) atoms. The van der Waals surface area contributed by atoms with Gasteiger partial charge in [0.2, 0.25) is 23.6 Å². The summed E-state index contributed by atoms with van der Waals surface area (Å²) in [6.07, 6.45) is 7.93. The van der Waals surface area contributed by atoms with Crippen LogP contribution in [0.3, 0.4) is 0 Å². The number of likely N-dealkylation sites (tertiary alicyclic amines) is 1. The van der Waals surface area contributed by atoms with Gasteiger partial charge in [0.15, 0.2) is 5.76 Å². The van der Waals surface area contributed by atoms with E-state index in [4.69, 9.17) is 33.4 Å². The Labute approximate surface area is 399 Å². The van der Waals surface area contributed by atoms with Gasteiger partial charge in [0.05, 0.1) is 27.7 Å². The molecule has 0 radical (unpaired) electrons. The number of aliphatic carboxylic acids is 1. The van der Waals surface area contributed by atoms with Crippen molar-refractivity contribution in [1.29, 1.82) is 0 Å². The highest BCUT2D eigenvalue weighted by atomic mass is 35.5. The lowest BCUT2D eigenvalue weighted by atomic mass is 10.0. The number of carboxylic acids is 1. The number of piperidine rings is 1. The van der Waals surface area contributed by atoms with Gasteiger partial charge in [-0.25, -0.2) is 0 Å². The molecule has 22 heteroatoms. The first-order chi connectivity index (χ1) is 33.0. The average Bonchev–Trinajstić information content (AvgIpc) is 4.04. The Kier molecular flexibility index (Phi) is 15.1. The number of nitrogen functional groups attached to an aromatic ring is 1. The number of nitrogens with two attached hydrogens (primary N) is 1. The third-order valence-corrected chi connectivity index (χ3v) is 11.8. The zero-order valence-corrected chi connectivity index (χ0v) is 37.9. The van der Waals surface area contributed by atoms with Crippen LogP contribution in [0.4, 0.5) is 23.3 Å². The number of benzene rings is 2. The second-order valence-electron chi connectivity index (χ2n) is 15.8. The fourth-order valence-electron chi connectivity index (χ4n) is 7.51. The summed E-state index contributed by atoms with van der Waals surface area (Å²) in [5.74, 6) is -0.439. The number of amides is 3. The number of nitrogens with zero attached hydrogens (tertiary/aromatic N) is 8. The van der Waals surface area contributed by atoms with Gasteiger partial charge < -0.3 is 41.8 Å². The van der Waals surface area contributed by atoms with Crippen molar-refractivity contribution in [1.82, 2.24) is 50.1 Å². The maximum absolute atomic E-state index is 13.3. The topological polar surface area (TPSA) is 273 Å². The van der Waals surface area contributed by atoms with Crippen LogP contribution in [0.1, 0.15) is 64.2 Å². The van der Waals surface area contributed by atoms with Crippen molar-refractivity contribution < 1.29 is 28.7 Å². The van der Waals surface area contributed by atoms with Crippen LogP contribution in [0.25, 0.3) is 28.5 Å². The lowest BCUT2D eigenvalue weighted by Gasteiger charge is -2.32. The van der Waals surface area contributed by atoms with Gasteiger partial charge in [0, 0.05) is 62.7 Å². The van der Waals surface area contributed by atoms with E-state index in [2.05, 4.69) is 56.6 Å². The smallest absolute Gasteiger partial charge is 0.320 e. The first kappa shape index (κ1) is 47.0. The number of fused-ring (bicyclic) bond motifs is 1. The van der Waals surface area contributed by atoms with Crippen LogP contribution in [0, 0.1) is 0 Å². The largest absolute Gasteiger partial charge is 0.480 e. The number of carboxylic acid groups (broad SMARTS) is 1. The van der Waals surface area contributed by atoms with E-state index < -0.39 is 23.8 Å². The van der Waals surface area contributed by atoms with E-state index in [1.807, 2.05) is 4.90 Å². The van der Waals surface area contributed by atoms with E-state index in [-0.39, 0.29) is 51.4 Å². The molecule has 0 saturated carbocycles. The Balaban J connectivity index is 0.762. The van der Waals surface area contributed by atoms with Gasteiger partial charge in [0.25, 0.3) is 17.6 Å². The highest BCUT2D eigenvalue weighted by Crippen LogP contribution is 2.40. The minimum atomic E-state index is -0.835. The molecule has 2 aromatic carbocycles. The number of carbonyl (C=O) groups excluding carboxylic acids is 3. The van der Waals surface area contributed by atoms with Crippen LogP contribution in [0.2, 0.25) is 10.0 Å². The van der Waals surface area contributed by atoms with E-state index >= 15 is 0 Å². The summed E-state index contributed by atoms with van der Waals surface area (Å²) in [4.78, 5) is 74.1. The molecule has 7 aromatic rings. The molecule has 350 valence electrons. The number of rotatable bonds is 19. The average molecular weight is 962 g/mol. The van der Waals surface area contributed by atoms with Gasteiger partial charge >= 0.3 is 5.97 Å². The number of anilines is 4. The van der Waals surface area contributed by atoms with Crippen molar-refractivity contribution in [3.8, 4) is 22.7 Å². The zero-order chi connectivity index (χ0) is 47.6. The Morgan fingerprint density at radius 3 is 2.12 bits per heavy atom. The molecule has 20 nitrogen and oxygen atoms in total. The molecule has 1 fully saturated rings. The second-order valence-corrected chi connectivity index (χ2v) is 16.5. The molecule has 5 aromatic heterocycles. The van der Waals surface area contributed by atoms with Crippen LogP contribution in [0.15, 0.2) is 95.9 Å². The maximum Gasteiger partial charge on any atom is 0.320 e. The second kappa shape index (κ2) is 21.9. The summed E-state index contributed by atoms with van der Waals surface area (Å²) in [6.45, 7) is 2.93. The normalized spacial score (nSPS) is 13.8. The fraction of sp³-hybridized carbons (Fsp3) is 0.261. The SMILES string of the molecule is Nc1nc(NCCCC(=O)NCCNCc2ccc(C(=O)Nc3cccc(-c4cccc(NC(=O)c5ccc(CN6CCCC[C@H]6C(=O)O)cn5)c4Cl)c3Cl)nc2)nc2nc(-c3ccco3)nn12. The number of hydrogen-bond donors (Lipinski definition) is 7. The van der Waals surface area contributed by atoms with E-state index in [1.165, 1.54) is 10.8 Å². The number of hydrogen-bond acceptors (Lipinski definition) is 15. The molecule has 6 heterocycles. The minimum Gasteiger partial charge on any atom is -0.480 e. The van der Waals surface area contributed by atoms with Gasteiger partial charge in [-0.1, -0.05) is 66.0 Å². The predicted octanol–water partition coefficient (Wildman–Crippen LogP) is 6.17. The van der Waals surface area contributed by atoms with Gasteiger partial charge in [-0.05, 0) is 73.3 Å². The van der Waals surface area contributed by atoms with E-state index in [0.29, 0.717) is 86.2 Å². The third kappa shape index (κ3) is 11.5. The van der Waals surface area contributed by atoms with Crippen molar-refractivity contribution in [2.75, 3.05) is 47.9 Å². The van der Waals surface area contributed by atoms with Crippen LogP contribution in [-0.4, -0.2) is 100 Å². The van der Waals surface area contributed by atoms with Crippen molar-refractivity contribution in [3.05, 3.63) is 124 Å². The summed E-state index contributed by atoms with van der Waals surface area (Å²) in [5.41, 5.74) is 9.71. The molecule has 1 atom stereocenters. The lowest BCUT2D eigenvalue weighted by molar-refractivity contribution is -0.144. The van der Waals surface area contributed by atoms with Gasteiger partial charge in [-0.15, -0.1) is 5.10 Å². The van der Waals surface area contributed by atoms with Crippen molar-refractivity contribution >= 4 is 75.9 Å². The Hall–Kier alpha value is -7.52. The summed E-state index contributed by atoms with van der Waals surface area (Å²) in [5, 5.41) is 29.2. The molecule has 1 saturated heterocycles. The first-order valence-electron chi connectivity index (χ1n) is 21.7. The predicted molar refractivity (Wildman–Crippen MR) is 255 cm³/mol. The number of nitrogens with one attached hydrogen (secondary N) is 5. The standard InChI is InChI=1S/C46H46Cl2N14O6/c47-38-29(30-8-4-10-32(39(30)48)56-42(65)34-17-15-28(25-54-34)26-61-21-2-1-11-35(61)43(66)67)7-3-9-31(38)55-41(64)33-16-14-27(24-53-33)23-50-19-20-51-37(63)13-5-18-52-45-58-44(49)62-46(59-45)57-40(60-62)36-12-6-22-68-36/h3-4,6-10,12,14-17,22,24-25,35,50H,1-2,5,11,13,18-21,23,26H2,(H,51,63)(H,55,64)(H,56,65)(H,66,67)(H3,49,52,57,58,59,60)/t35-/m0/s1. The van der Waals surface area contributed by atoms with Gasteiger partial charge in [0.1, 0.15) is 17.4 Å². The van der Waals surface area contributed by atoms with E-state index in [0.717, 1.165) is 24.0 Å². The Morgan fingerprint density at radius 2 is 1.49 bits per heavy atom. The number of carbonyl (C=O) groups is 4. The summed E-state index contributed by atoms with van der Waals surface area (Å²) >= 11 is 13.7. The van der Waals surface area contributed by atoms with Crippen molar-refractivity contribution in [3.63, 3.8) is 0 Å². The summed E-state index contributed by atoms with van der Waals surface area (Å²) in [6, 6.07) is 19.9. The van der Waals surface area contributed by atoms with E-state index in [1.54, 1.807) is 85.2 Å². The summed E-state index contributed by atoms with van der Waals surface area (Å²) < 4.78 is 6.66. The number of furan rings is 1. The molecule has 3 amide bonds. The highest BCUT2D eigenvalue weighted by molar-refractivity contribution is 6.40. The third-order valence-electron chi connectivity index (χ3n) is 11.0. The van der Waals surface area contributed by atoms with Crippen LogP contribution < -0.4 is 32.3 Å². The monoisotopic (exact) mass is 960 g/mol. The van der Waals surface area contributed by atoms with Crippen LogP contribution in [-0.2, 0) is 22.7 Å². The van der Waals surface area contributed by atoms with Crippen molar-refractivity contribution in [2.24, 2.45) is 0 Å². The molecular formula is C46H46Cl2N14O6. The molecule has 1 aliphatic heterocycles. The molecule has 1 aliphatic rings. The van der Waals surface area contributed by atoms with Crippen LogP contribution >= 0.6 is 23.2 Å². The van der Waals surface area contributed by atoms with Gasteiger partial charge in [-0.3, -0.25) is 34.0 Å². The molecule has 0 spiro atoms. The zero-order valence-electron chi connectivity index (χ0n) is 36.4. The number of aromatic nitrogens is 7. The molecule has 0 bridgehead atoms. The lowest BCUT2D eigenvalue weighted by Crippen LogP contribution is -2.44. The van der Waals surface area contributed by atoms with Gasteiger partial charge in [-0.2, -0.15) is 19.5 Å². The molecule has 8 rings (SSSR count). The Bertz CT molecular complexity index is 2920. The van der Waals surface area contributed by atoms with Crippen molar-refractivity contribution in [2.45, 2.75) is 51.2 Å².